The van der Waals surface area contributed by atoms with Gasteiger partial charge in [-0.1, -0.05) is 10.7 Å². The third-order valence-corrected chi connectivity index (χ3v) is 4.67. The number of carbonyl (C=O) groups excluding carboxylic acids is 1. The van der Waals surface area contributed by atoms with Crippen LogP contribution in [0.2, 0.25) is 0 Å². The summed E-state index contributed by atoms with van der Waals surface area (Å²) in [7, 11) is 0. The van der Waals surface area contributed by atoms with Crippen molar-refractivity contribution in [2.75, 3.05) is 44.3 Å². The number of hydrogen-bond acceptors (Lipinski definition) is 8. The Bertz CT molecular complexity index is 1100. The van der Waals surface area contributed by atoms with Gasteiger partial charge in [0.05, 0.1) is 19.7 Å². The van der Waals surface area contributed by atoms with E-state index < -0.39 is 17.2 Å². The number of anilines is 1. The molecule has 11 heteroatoms. The van der Waals surface area contributed by atoms with Crippen molar-refractivity contribution in [2.24, 2.45) is 0 Å². The molecular formula is C19H26N6O5. The fourth-order valence-electron chi connectivity index (χ4n) is 3.34. The Morgan fingerprint density at radius 3 is 2.60 bits per heavy atom. The maximum absolute atomic E-state index is 13.1. The van der Waals surface area contributed by atoms with Crippen LogP contribution in [0, 0.1) is 11.8 Å². The Hall–Kier alpha value is -3.10. The molecule has 0 atom stereocenters. The number of carbonyl (C=O) groups is 1. The van der Waals surface area contributed by atoms with Gasteiger partial charge >= 0.3 is 17.2 Å². The topological polar surface area (TPSA) is 113 Å². The van der Waals surface area contributed by atoms with Gasteiger partial charge in [-0.05, 0) is 13.8 Å². The minimum atomic E-state index is -0.777. The van der Waals surface area contributed by atoms with E-state index in [1.165, 1.54) is 4.57 Å². The van der Waals surface area contributed by atoms with Gasteiger partial charge < -0.3 is 19.8 Å². The average Bonchev–Trinajstić information content (AvgIpc) is 3.12. The van der Waals surface area contributed by atoms with E-state index in [1.54, 1.807) is 11.5 Å². The molecule has 2 aromatic rings. The average molecular weight is 418 g/mol. The molecule has 0 unspecified atom stereocenters. The normalized spacial score (nSPS) is 13.9. The van der Waals surface area contributed by atoms with Gasteiger partial charge in [0.25, 0.3) is 0 Å². The summed E-state index contributed by atoms with van der Waals surface area (Å²) in [6.45, 7) is 8.73. The Labute approximate surface area is 173 Å². The number of ether oxygens (including phenoxy) is 1. The Morgan fingerprint density at radius 2 is 1.97 bits per heavy atom. The van der Waals surface area contributed by atoms with Gasteiger partial charge in [0.2, 0.25) is 5.95 Å². The lowest BCUT2D eigenvalue weighted by Crippen LogP contribution is -2.46. The van der Waals surface area contributed by atoms with Gasteiger partial charge in [0.15, 0.2) is 11.2 Å². The van der Waals surface area contributed by atoms with Gasteiger partial charge in [-0.25, -0.2) is 9.59 Å². The van der Waals surface area contributed by atoms with Crippen LogP contribution >= 0.6 is 0 Å². The lowest BCUT2D eigenvalue weighted by molar-refractivity contribution is -0.142. The molecule has 0 aromatic carbocycles. The maximum Gasteiger partial charge on any atom is 0.367 e. The van der Waals surface area contributed by atoms with E-state index in [1.807, 2.05) is 11.8 Å². The highest BCUT2D eigenvalue weighted by Gasteiger charge is 2.26. The van der Waals surface area contributed by atoms with E-state index in [4.69, 9.17) is 9.57 Å². The number of nitrogens with zero attached hydrogens (tertiary/aromatic N) is 5. The van der Waals surface area contributed by atoms with Crippen LogP contribution in [0.15, 0.2) is 9.59 Å². The van der Waals surface area contributed by atoms with Crippen LogP contribution < -0.4 is 26.3 Å². The molecule has 1 N–H and O–H groups in total. The van der Waals surface area contributed by atoms with Crippen LogP contribution in [-0.4, -0.2) is 64.2 Å². The van der Waals surface area contributed by atoms with E-state index in [0.29, 0.717) is 30.4 Å². The molecule has 3 heterocycles. The molecular weight excluding hydrogens is 392 g/mol. The van der Waals surface area contributed by atoms with Crippen molar-refractivity contribution >= 4 is 23.1 Å². The van der Waals surface area contributed by atoms with Crippen molar-refractivity contribution in [1.82, 2.24) is 24.2 Å². The first kappa shape index (κ1) is 21.6. The van der Waals surface area contributed by atoms with Crippen molar-refractivity contribution in [3.63, 3.8) is 0 Å². The van der Waals surface area contributed by atoms with Crippen LogP contribution in [0.5, 0.6) is 0 Å². The Morgan fingerprint density at radius 1 is 1.23 bits per heavy atom. The predicted molar refractivity (Wildman–Crippen MR) is 111 cm³/mol. The van der Waals surface area contributed by atoms with Gasteiger partial charge in [0.1, 0.15) is 0 Å². The molecule has 0 bridgehead atoms. The summed E-state index contributed by atoms with van der Waals surface area (Å²) in [6, 6.07) is 0. The van der Waals surface area contributed by atoms with Crippen LogP contribution in [-0.2, 0) is 22.6 Å². The molecule has 162 valence electrons. The highest BCUT2D eigenvalue weighted by atomic mass is 16.7. The lowest BCUT2D eigenvalue weighted by atomic mass is 10.4. The number of rotatable bonds is 7. The van der Waals surface area contributed by atoms with E-state index >= 15 is 0 Å². The molecule has 3 rings (SSSR count). The van der Waals surface area contributed by atoms with Crippen molar-refractivity contribution in [1.29, 1.82) is 0 Å². The Kier molecular flexibility index (Phi) is 6.91. The molecule has 0 aliphatic carbocycles. The zero-order chi connectivity index (χ0) is 21.7. The monoisotopic (exact) mass is 418 g/mol. The first-order chi connectivity index (χ1) is 14.5. The summed E-state index contributed by atoms with van der Waals surface area (Å²) in [6.07, 6.45) is 0. The molecule has 1 aliphatic rings. The molecule has 11 nitrogen and oxygen atoms in total. The van der Waals surface area contributed by atoms with Gasteiger partial charge in [-0.15, -0.1) is 5.92 Å². The second-order valence-corrected chi connectivity index (χ2v) is 6.65. The molecule has 0 saturated carbocycles. The van der Waals surface area contributed by atoms with E-state index in [-0.39, 0.29) is 30.9 Å². The molecule has 2 aromatic heterocycles. The molecule has 0 radical (unpaired) electrons. The van der Waals surface area contributed by atoms with Crippen molar-refractivity contribution < 1.29 is 14.4 Å². The molecule has 1 saturated heterocycles. The highest BCUT2D eigenvalue weighted by molar-refractivity contribution is 5.75. The smallest absolute Gasteiger partial charge is 0.367 e. The van der Waals surface area contributed by atoms with Gasteiger partial charge in [-0.2, -0.15) is 4.98 Å². The van der Waals surface area contributed by atoms with E-state index in [9.17, 15) is 14.4 Å². The van der Waals surface area contributed by atoms with E-state index in [2.05, 4.69) is 22.1 Å². The summed E-state index contributed by atoms with van der Waals surface area (Å²) in [5.74, 6) is 5.56. The van der Waals surface area contributed by atoms with Crippen LogP contribution in [0.25, 0.3) is 11.2 Å². The minimum Gasteiger partial charge on any atom is -0.380 e. The first-order valence-corrected chi connectivity index (χ1v) is 9.87. The summed E-state index contributed by atoms with van der Waals surface area (Å²) in [5, 5.41) is 3.28. The van der Waals surface area contributed by atoms with Crippen LogP contribution in [0.4, 0.5) is 5.95 Å². The molecule has 30 heavy (non-hydrogen) atoms. The summed E-state index contributed by atoms with van der Waals surface area (Å²) in [4.78, 5) is 49.2. The molecule has 0 spiro atoms. The summed E-state index contributed by atoms with van der Waals surface area (Å²) < 4.78 is 8.84. The number of imidazole rings is 1. The Balaban J connectivity index is 2.29. The van der Waals surface area contributed by atoms with Crippen molar-refractivity contribution in [2.45, 2.75) is 33.9 Å². The van der Waals surface area contributed by atoms with Crippen LogP contribution in [0.3, 0.4) is 0 Å². The molecule has 0 amide bonds. The summed E-state index contributed by atoms with van der Waals surface area (Å²) in [5.41, 5.74) is -1.15. The van der Waals surface area contributed by atoms with Gasteiger partial charge in [-0.3, -0.25) is 13.9 Å². The zero-order valence-corrected chi connectivity index (χ0v) is 17.4. The molecule has 1 aliphatic heterocycles. The third-order valence-electron chi connectivity index (χ3n) is 4.67. The van der Waals surface area contributed by atoms with Crippen molar-refractivity contribution in [3.05, 3.63) is 20.8 Å². The number of hydrogen-bond donors (Lipinski definition) is 1. The molecule has 1 fully saturated rings. The number of piperazine rings is 1. The fourth-order valence-corrected chi connectivity index (χ4v) is 3.34. The largest absolute Gasteiger partial charge is 0.380 e. The third kappa shape index (κ3) is 4.24. The number of fused-ring (bicyclic) bond motifs is 1. The number of nitrogens with one attached hydrogen (secondary N) is 1. The predicted octanol–water partition coefficient (Wildman–Crippen LogP) is -1.20. The zero-order valence-electron chi connectivity index (χ0n) is 17.4. The quantitative estimate of drug-likeness (QED) is 0.441. The standard InChI is InChI=1S/C19H26N6O5/c1-4-6-9-23-15-16(21-18(23)22-10-7-20-8-11-22)24(12-13-29-5-2)19(28)25(17(15)27)30-14(3)26/h20H,5,7-13H2,1-3H3. The highest BCUT2D eigenvalue weighted by Crippen LogP contribution is 2.20. The lowest BCUT2D eigenvalue weighted by Gasteiger charge is -2.28. The fraction of sp³-hybridized carbons (Fsp3) is 0.579. The number of aromatic nitrogens is 4. The second kappa shape index (κ2) is 9.60. The second-order valence-electron chi connectivity index (χ2n) is 6.65. The first-order valence-electron chi connectivity index (χ1n) is 9.87. The maximum atomic E-state index is 13.1. The minimum absolute atomic E-state index is 0.155. The van der Waals surface area contributed by atoms with Crippen LogP contribution in [0.1, 0.15) is 20.8 Å². The van der Waals surface area contributed by atoms with Crippen molar-refractivity contribution in [3.8, 4) is 11.8 Å². The van der Waals surface area contributed by atoms with Gasteiger partial charge in [0, 0.05) is 39.7 Å². The summed E-state index contributed by atoms with van der Waals surface area (Å²) >= 11 is 0. The van der Waals surface area contributed by atoms with E-state index in [0.717, 1.165) is 20.0 Å². The SMILES string of the molecule is CC#CCn1c(N2CCNCC2)nc2c1c(=O)n(OC(C)=O)c(=O)n2CCOCC.